The second-order valence-electron chi connectivity index (χ2n) is 8.00. The number of nitrogens with zero attached hydrogens (tertiary/aromatic N) is 1. The van der Waals surface area contributed by atoms with Gasteiger partial charge in [-0.1, -0.05) is 41.9 Å². The van der Waals surface area contributed by atoms with Gasteiger partial charge in [0.05, 0.1) is 4.90 Å². The molecular formula is C23H29ClN2O3S. The molecule has 0 spiro atoms. The maximum atomic E-state index is 12.8. The predicted octanol–water partition coefficient (Wildman–Crippen LogP) is 4.27. The van der Waals surface area contributed by atoms with Crippen molar-refractivity contribution in [2.24, 2.45) is 5.92 Å². The number of halogens is 1. The molecule has 1 fully saturated rings. The molecule has 1 aliphatic heterocycles. The second-order valence-corrected chi connectivity index (χ2v) is 10.4. The van der Waals surface area contributed by atoms with Gasteiger partial charge in [-0.2, -0.15) is 4.31 Å². The van der Waals surface area contributed by atoms with Crippen molar-refractivity contribution in [1.82, 2.24) is 9.62 Å². The van der Waals surface area contributed by atoms with Crippen molar-refractivity contribution < 1.29 is 13.2 Å². The summed E-state index contributed by atoms with van der Waals surface area (Å²) < 4.78 is 27.0. The molecule has 0 aromatic heterocycles. The Morgan fingerprint density at radius 1 is 1.10 bits per heavy atom. The fourth-order valence-corrected chi connectivity index (χ4v) is 5.40. The molecule has 0 saturated carbocycles. The van der Waals surface area contributed by atoms with Gasteiger partial charge in [0.1, 0.15) is 0 Å². The third-order valence-electron chi connectivity index (χ3n) is 5.62. The zero-order valence-corrected chi connectivity index (χ0v) is 18.8. The fraction of sp³-hybridized carbons (Fsp3) is 0.435. The molecule has 0 radical (unpaired) electrons. The van der Waals surface area contributed by atoms with Gasteiger partial charge in [-0.3, -0.25) is 4.79 Å². The van der Waals surface area contributed by atoms with E-state index in [9.17, 15) is 13.2 Å². The van der Waals surface area contributed by atoms with Gasteiger partial charge in [-0.05, 0) is 68.4 Å². The Morgan fingerprint density at radius 3 is 2.37 bits per heavy atom. The zero-order valence-electron chi connectivity index (χ0n) is 17.3. The van der Waals surface area contributed by atoms with E-state index in [1.165, 1.54) is 22.0 Å². The molecular weight excluding hydrogens is 420 g/mol. The Hall–Kier alpha value is -1.89. The van der Waals surface area contributed by atoms with Crippen LogP contribution in [0, 0.1) is 5.92 Å². The van der Waals surface area contributed by atoms with Crippen LogP contribution in [0.5, 0.6) is 0 Å². The highest BCUT2D eigenvalue weighted by Crippen LogP contribution is 2.26. The molecule has 1 saturated heterocycles. The number of nitrogens with one attached hydrogen (secondary N) is 1. The quantitative estimate of drug-likeness (QED) is 0.655. The van der Waals surface area contributed by atoms with E-state index in [4.69, 9.17) is 11.6 Å². The highest BCUT2D eigenvalue weighted by Gasteiger charge is 2.30. The van der Waals surface area contributed by atoms with Crippen molar-refractivity contribution in [2.75, 3.05) is 13.1 Å². The first-order valence-electron chi connectivity index (χ1n) is 10.4. The van der Waals surface area contributed by atoms with Crippen LogP contribution in [0.3, 0.4) is 0 Å². The summed E-state index contributed by atoms with van der Waals surface area (Å²) in [5.74, 6) is 0.262. The van der Waals surface area contributed by atoms with Gasteiger partial charge in [0, 0.05) is 30.6 Å². The van der Waals surface area contributed by atoms with Crippen LogP contribution in [0.15, 0.2) is 59.5 Å². The van der Waals surface area contributed by atoms with Crippen molar-refractivity contribution in [1.29, 1.82) is 0 Å². The Morgan fingerprint density at radius 2 is 1.73 bits per heavy atom. The molecule has 0 bridgehead atoms. The van der Waals surface area contributed by atoms with Crippen molar-refractivity contribution in [2.45, 2.75) is 50.0 Å². The number of sulfonamides is 1. The summed E-state index contributed by atoms with van der Waals surface area (Å²) >= 11 is 5.86. The first kappa shape index (κ1) is 22.8. The number of amides is 1. The lowest BCUT2D eigenvalue weighted by atomic mass is 9.94. The number of rotatable bonds is 8. The summed E-state index contributed by atoms with van der Waals surface area (Å²) in [6, 6.07) is 16.6. The minimum Gasteiger partial charge on any atom is -0.354 e. The van der Waals surface area contributed by atoms with Crippen LogP contribution in [0.4, 0.5) is 0 Å². The molecule has 5 nitrogen and oxygen atoms in total. The van der Waals surface area contributed by atoms with Gasteiger partial charge >= 0.3 is 0 Å². The predicted molar refractivity (Wildman–Crippen MR) is 120 cm³/mol. The van der Waals surface area contributed by atoms with E-state index >= 15 is 0 Å². The lowest BCUT2D eigenvalue weighted by Gasteiger charge is -2.31. The topological polar surface area (TPSA) is 66.5 Å². The van der Waals surface area contributed by atoms with E-state index < -0.39 is 10.0 Å². The van der Waals surface area contributed by atoms with Gasteiger partial charge in [0.15, 0.2) is 0 Å². The standard InChI is InChI=1S/C23H29ClN2O3S/c1-18(7-8-19-5-3-2-4-6-19)25-23(27)17-20-13-15-26(16-14-20)30(28,29)22-11-9-21(24)10-12-22/h2-6,9-12,18,20H,7-8,13-17H2,1H3,(H,25,27)/t18-/m0/s1. The Kier molecular flexibility index (Phi) is 7.92. The fourth-order valence-electron chi connectivity index (χ4n) is 3.81. The van der Waals surface area contributed by atoms with Crippen molar-refractivity contribution >= 4 is 27.5 Å². The highest BCUT2D eigenvalue weighted by molar-refractivity contribution is 7.89. The van der Waals surface area contributed by atoms with Crippen molar-refractivity contribution in [3.05, 3.63) is 65.2 Å². The lowest BCUT2D eigenvalue weighted by Crippen LogP contribution is -2.40. The van der Waals surface area contributed by atoms with Crippen LogP contribution >= 0.6 is 11.6 Å². The van der Waals surface area contributed by atoms with Crippen LogP contribution in [-0.2, 0) is 21.2 Å². The molecule has 1 heterocycles. The molecule has 1 atom stereocenters. The highest BCUT2D eigenvalue weighted by atomic mass is 35.5. The van der Waals surface area contributed by atoms with Gasteiger partial charge in [0.25, 0.3) is 0 Å². The number of hydrogen-bond donors (Lipinski definition) is 1. The van der Waals surface area contributed by atoms with Crippen molar-refractivity contribution in [3.63, 3.8) is 0 Å². The Bertz CT molecular complexity index is 925. The summed E-state index contributed by atoms with van der Waals surface area (Å²) in [4.78, 5) is 12.7. The van der Waals surface area contributed by atoms with Crippen LogP contribution in [0.25, 0.3) is 0 Å². The molecule has 0 unspecified atom stereocenters. The smallest absolute Gasteiger partial charge is 0.243 e. The van der Waals surface area contributed by atoms with Crippen LogP contribution < -0.4 is 5.32 Å². The Balaban J connectivity index is 1.42. The van der Waals surface area contributed by atoms with E-state index in [1.807, 2.05) is 25.1 Å². The molecule has 7 heteroatoms. The SMILES string of the molecule is C[C@@H](CCc1ccccc1)NC(=O)CC1CCN(S(=O)(=O)c2ccc(Cl)cc2)CC1. The van der Waals surface area contributed by atoms with Gasteiger partial charge in [-0.25, -0.2) is 8.42 Å². The van der Waals surface area contributed by atoms with E-state index in [0.717, 1.165) is 12.8 Å². The minimum absolute atomic E-state index is 0.0505. The number of benzene rings is 2. The van der Waals surface area contributed by atoms with Crippen LogP contribution in [0.1, 0.15) is 38.2 Å². The number of piperidine rings is 1. The van der Waals surface area contributed by atoms with Crippen molar-refractivity contribution in [3.8, 4) is 0 Å². The molecule has 30 heavy (non-hydrogen) atoms. The van der Waals surface area contributed by atoms with E-state index in [0.29, 0.717) is 37.4 Å². The number of aryl methyl sites for hydroxylation is 1. The molecule has 1 N–H and O–H groups in total. The van der Waals surface area contributed by atoms with Crippen LogP contribution in [-0.4, -0.2) is 37.8 Å². The molecule has 162 valence electrons. The lowest BCUT2D eigenvalue weighted by molar-refractivity contribution is -0.122. The van der Waals surface area contributed by atoms with Gasteiger partial charge < -0.3 is 5.32 Å². The van der Waals surface area contributed by atoms with E-state index in [1.54, 1.807) is 12.1 Å². The summed E-state index contributed by atoms with van der Waals surface area (Å²) in [6.45, 7) is 2.90. The minimum atomic E-state index is -3.51. The summed E-state index contributed by atoms with van der Waals surface area (Å²) in [5, 5.41) is 3.60. The summed E-state index contributed by atoms with van der Waals surface area (Å²) in [6.07, 6.45) is 3.67. The first-order valence-corrected chi connectivity index (χ1v) is 12.3. The summed E-state index contributed by atoms with van der Waals surface area (Å²) in [5.41, 5.74) is 1.27. The second kappa shape index (κ2) is 10.4. The largest absolute Gasteiger partial charge is 0.354 e. The summed E-state index contributed by atoms with van der Waals surface area (Å²) in [7, 11) is -3.51. The third kappa shape index (κ3) is 6.30. The van der Waals surface area contributed by atoms with Gasteiger partial charge in [0.2, 0.25) is 15.9 Å². The Labute approximate surface area is 184 Å². The number of carbonyl (C=O) groups excluding carboxylic acids is 1. The van der Waals surface area contributed by atoms with Crippen LogP contribution in [0.2, 0.25) is 5.02 Å². The monoisotopic (exact) mass is 448 g/mol. The first-order chi connectivity index (χ1) is 14.3. The normalized spacial score (nSPS) is 16.9. The van der Waals surface area contributed by atoms with E-state index in [2.05, 4.69) is 17.4 Å². The van der Waals surface area contributed by atoms with Gasteiger partial charge in [-0.15, -0.1) is 0 Å². The zero-order chi connectivity index (χ0) is 21.6. The molecule has 3 rings (SSSR count). The number of hydrogen-bond acceptors (Lipinski definition) is 3. The third-order valence-corrected chi connectivity index (χ3v) is 7.78. The van der Waals surface area contributed by atoms with E-state index in [-0.39, 0.29) is 22.8 Å². The molecule has 0 aliphatic carbocycles. The maximum absolute atomic E-state index is 12.8. The molecule has 1 amide bonds. The molecule has 2 aromatic rings. The maximum Gasteiger partial charge on any atom is 0.243 e. The average Bonchev–Trinajstić information content (AvgIpc) is 2.73. The average molecular weight is 449 g/mol. The molecule has 2 aromatic carbocycles. The number of carbonyl (C=O) groups is 1. The molecule has 1 aliphatic rings.